The zero-order chi connectivity index (χ0) is 19.2. The van der Waals surface area contributed by atoms with Crippen LogP contribution in [0.2, 0.25) is 5.02 Å². The van der Waals surface area contributed by atoms with Crippen LogP contribution in [-0.4, -0.2) is 29.8 Å². The number of tetrazole rings is 1. The van der Waals surface area contributed by atoms with E-state index >= 15 is 0 Å². The average molecular weight is 391 g/mol. The summed E-state index contributed by atoms with van der Waals surface area (Å²) in [5.41, 5.74) is -4.97. The van der Waals surface area contributed by atoms with Crippen molar-refractivity contribution in [3.05, 3.63) is 55.6 Å². The van der Waals surface area contributed by atoms with Crippen LogP contribution in [-0.2, 0) is 13.2 Å². The number of nitrogens with one attached hydrogen (secondary N) is 1. The number of aryl methyl sites for hydroxylation is 1. The molecule has 26 heavy (non-hydrogen) atoms. The predicted molar refractivity (Wildman–Crippen MR) is 80.4 cm³/mol. The van der Waals surface area contributed by atoms with Crippen LogP contribution in [0.25, 0.3) is 17.1 Å². The number of hydrogen-bond donors (Lipinski definition) is 1. The van der Waals surface area contributed by atoms with Crippen LogP contribution in [0.4, 0.5) is 17.6 Å². The predicted octanol–water partition coefficient (Wildman–Crippen LogP) is 1.53. The summed E-state index contributed by atoms with van der Waals surface area (Å²) in [6.07, 6.45) is -4.94. The number of alkyl halides is 3. The minimum absolute atomic E-state index is 0.0300. The molecule has 0 amide bonds. The first-order valence-corrected chi connectivity index (χ1v) is 7.13. The molecule has 136 valence electrons. The summed E-state index contributed by atoms with van der Waals surface area (Å²) in [6, 6.07) is 1.90. The third-order valence-electron chi connectivity index (χ3n) is 3.26. The highest BCUT2D eigenvalue weighted by Crippen LogP contribution is 2.29. The molecule has 0 radical (unpaired) electrons. The molecule has 0 bridgehead atoms. The van der Waals surface area contributed by atoms with E-state index in [-0.39, 0.29) is 27.0 Å². The number of nitrogens with zero attached hydrogens (tertiary/aromatic N) is 5. The third kappa shape index (κ3) is 3.10. The van der Waals surface area contributed by atoms with Gasteiger partial charge in [-0.15, -0.1) is 10.2 Å². The Morgan fingerprint density at radius 2 is 1.88 bits per heavy atom. The maximum atomic E-state index is 14.3. The number of hydrogen-bond acceptors (Lipinski definition) is 5. The van der Waals surface area contributed by atoms with Gasteiger partial charge in [0.1, 0.15) is 11.5 Å². The van der Waals surface area contributed by atoms with Gasteiger partial charge in [-0.25, -0.2) is 13.8 Å². The average Bonchev–Trinajstić information content (AvgIpc) is 2.93. The molecule has 0 spiro atoms. The van der Waals surface area contributed by atoms with E-state index in [1.54, 1.807) is 0 Å². The van der Waals surface area contributed by atoms with Gasteiger partial charge in [-0.2, -0.15) is 18.0 Å². The highest BCUT2D eigenvalue weighted by molar-refractivity contribution is 6.33. The SMILES string of the molecule is Cn1nnc(-c2cc(-n3c(=O)cc(C(F)(F)F)[nH]c3=O)c(F)cc2Cl)n1. The fraction of sp³-hybridized carbons (Fsp3) is 0.154. The van der Waals surface area contributed by atoms with Gasteiger partial charge in [-0.05, 0) is 17.3 Å². The molecule has 0 saturated carbocycles. The number of aromatic nitrogens is 6. The molecular formula is C13H7ClF4N6O2. The molecule has 0 fully saturated rings. The Morgan fingerprint density at radius 1 is 1.19 bits per heavy atom. The molecule has 13 heteroatoms. The summed E-state index contributed by atoms with van der Waals surface area (Å²) in [7, 11) is 1.46. The van der Waals surface area contributed by atoms with Crippen molar-refractivity contribution >= 4 is 11.6 Å². The molecule has 2 heterocycles. The summed E-state index contributed by atoms with van der Waals surface area (Å²) in [4.78, 5) is 26.5. The fourth-order valence-corrected chi connectivity index (χ4v) is 2.38. The molecule has 0 unspecified atom stereocenters. The molecule has 0 saturated heterocycles. The van der Waals surface area contributed by atoms with Crippen molar-refractivity contribution < 1.29 is 17.6 Å². The van der Waals surface area contributed by atoms with E-state index in [2.05, 4.69) is 15.4 Å². The molecule has 1 N–H and O–H groups in total. The van der Waals surface area contributed by atoms with E-state index in [9.17, 15) is 27.2 Å². The molecule has 8 nitrogen and oxygen atoms in total. The van der Waals surface area contributed by atoms with Crippen molar-refractivity contribution in [2.24, 2.45) is 7.05 Å². The first kappa shape index (κ1) is 17.8. The van der Waals surface area contributed by atoms with E-state index in [4.69, 9.17) is 11.6 Å². The Balaban J connectivity index is 2.25. The van der Waals surface area contributed by atoms with Gasteiger partial charge in [0.15, 0.2) is 0 Å². The zero-order valence-electron chi connectivity index (χ0n) is 12.7. The maximum absolute atomic E-state index is 14.3. The minimum atomic E-state index is -4.94. The Kier molecular flexibility index (Phi) is 4.14. The molecule has 2 aromatic heterocycles. The smallest absolute Gasteiger partial charge is 0.303 e. The highest BCUT2D eigenvalue weighted by Gasteiger charge is 2.33. The van der Waals surface area contributed by atoms with Gasteiger partial charge in [0, 0.05) is 11.6 Å². The van der Waals surface area contributed by atoms with Crippen LogP contribution in [0.5, 0.6) is 0 Å². The van der Waals surface area contributed by atoms with Gasteiger partial charge in [0.2, 0.25) is 5.82 Å². The molecule has 0 aliphatic carbocycles. The van der Waals surface area contributed by atoms with Crippen molar-refractivity contribution in [3.8, 4) is 17.1 Å². The second-order valence-electron chi connectivity index (χ2n) is 5.05. The fourth-order valence-electron chi connectivity index (χ4n) is 2.15. The van der Waals surface area contributed by atoms with Crippen LogP contribution < -0.4 is 11.2 Å². The second-order valence-corrected chi connectivity index (χ2v) is 5.45. The van der Waals surface area contributed by atoms with Gasteiger partial charge < -0.3 is 4.98 Å². The number of rotatable bonds is 2. The number of benzene rings is 1. The first-order valence-electron chi connectivity index (χ1n) is 6.75. The molecule has 0 aliphatic heterocycles. The Morgan fingerprint density at radius 3 is 2.42 bits per heavy atom. The lowest BCUT2D eigenvalue weighted by atomic mass is 10.1. The molecular weight excluding hydrogens is 384 g/mol. The molecule has 0 aliphatic rings. The Bertz CT molecular complexity index is 1090. The van der Waals surface area contributed by atoms with Crippen LogP contribution in [0.15, 0.2) is 27.8 Å². The van der Waals surface area contributed by atoms with Crippen molar-refractivity contribution in [2.45, 2.75) is 6.18 Å². The Labute approximate surface area is 145 Å². The second kappa shape index (κ2) is 6.05. The molecule has 1 aromatic carbocycles. The monoisotopic (exact) mass is 390 g/mol. The van der Waals surface area contributed by atoms with Gasteiger partial charge in [0.05, 0.1) is 17.8 Å². The third-order valence-corrected chi connectivity index (χ3v) is 3.58. The van der Waals surface area contributed by atoms with E-state index in [1.165, 1.54) is 12.0 Å². The van der Waals surface area contributed by atoms with Gasteiger partial charge in [0.25, 0.3) is 5.56 Å². The summed E-state index contributed by atoms with van der Waals surface area (Å²) >= 11 is 5.92. The van der Waals surface area contributed by atoms with E-state index in [0.29, 0.717) is 0 Å². The van der Waals surface area contributed by atoms with E-state index < -0.39 is 34.6 Å². The standard InChI is InChI=1S/C13H7ClF4N6O2/c1-23-21-11(20-22-23)5-2-8(7(15)3-6(5)14)24-10(25)4-9(13(16,17)18)19-12(24)26/h2-4H,1H3,(H,19,26). The lowest BCUT2D eigenvalue weighted by molar-refractivity contribution is -0.141. The van der Waals surface area contributed by atoms with Crippen LogP contribution in [0.1, 0.15) is 5.69 Å². The summed E-state index contributed by atoms with van der Waals surface area (Å²) in [6.45, 7) is 0. The van der Waals surface area contributed by atoms with Gasteiger partial charge >= 0.3 is 11.9 Å². The van der Waals surface area contributed by atoms with Gasteiger partial charge in [-0.3, -0.25) is 4.79 Å². The number of H-pyrrole nitrogens is 1. The molecule has 0 atom stereocenters. The zero-order valence-corrected chi connectivity index (χ0v) is 13.4. The van der Waals surface area contributed by atoms with Crippen molar-refractivity contribution in [2.75, 3.05) is 0 Å². The normalized spacial score (nSPS) is 11.8. The minimum Gasteiger partial charge on any atom is -0.303 e. The number of aromatic amines is 1. The highest BCUT2D eigenvalue weighted by atomic mass is 35.5. The molecule has 3 rings (SSSR count). The first-order chi connectivity index (χ1) is 12.1. The van der Waals surface area contributed by atoms with Crippen LogP contribution >= 0.6 is 11.6 Å². The lowest BCUT2D eigenvalue weighted by Crippen LogP contribution is -2.36. The van der Waals surface area contributed by atoms with E-state index in [1.807, 2.05) is 0 Å². The topological polar surface area (TPSA) is 98.5 Å². The lowest BCUT2D eigenvalue weighted by Gasteiger charge is -2.11. The molecule has 3 aromatic rings. The largest absolute Gasteiger partial charge is 0.431 e. The number of halogens is 5. The Hall–Kier alpha value is -3.02. The van der Waals surface area contributed by atoms with Crippen LogP contribution in [0, 0.1) is 5.82 Å². The summed E-state index contributed by atoms with van der Waals surface area (Å²) < 4.78 is 52.5. The van der Waals surface area contributed by atoms with Gasteiger partial charge in [-0.1, -0.05) is 11.6 Å². The quantitative estimate of drug-likeness (QED) is 0.669. The van der Waals surface area contributed by atoms with Crippen molar-refractivity contribution in [1.29, 1.82) is 0 Å². The van der Waals surface area contributed by atoms with Crippen molar-refractivity contribution in [3.63, 3.8) is 0 Å². The maximum Gasteiger partial charge on any atom is 0.431 e. The van der Waals surface area contributed by atoms with Crippen molar-refractivity contribution in [1.82, 2.24) is 29.8 Å². The van der Waals surface area contributed by atoms with E-state index in [0.717, 1.165) is 16.9 Å². The summed E-state index contributed by atoms with van der Waals surface area (Å²) in [5, 5.41) is 11.0. The summed E-state index contributed by atoms with van der Waals surface area (Å²) in [5.74, 6) is -1.13. The van der Waals surface area contributed by atoms with Crippen LogP contribution in [0.3, 0.4) is 0 Å².